The Morgan fingerprint density at radius 1 is 0.778 bits per heavy atom. The van der Waals surface area contributed by atoms with Crippen molar-refractivity contribution in [1.29, 1.82) is 0 Å². The van der Waals surface area contributed by atoms with E-state index in [0.717, 1.165) is 28.5 Å². The zero-order chi connectivity index (χ0) is 19.9. The molecule has 0 saturated carbocycles. The Balaban J connectivity index is 1.97. The largest absolute Gasteiger partial charge is 0.215 e. The summed E-state index contributed by atoms with van der Waals surface area (Å²) in [4.78, 5) is 0. The zero-order valence-corrected chi connectivity index (χ0v) is 17.2. The van der Waals surface area contributed by atoms with Gasteiger partial charge in [0.15, 0.2) is 0 Å². The third-order valence-corrected chi connectivity index (χ3v) is 6.24. The number of sulfonamides is 2. The minimum Gasteiger partial charge on any atom is -0.215 e. The molecule has 148 valence electrons. The second-order valence-corrected chi connectivity index (χ2v) is 10.3. The van der Waals surface area contributed by atoms with Crippen LogP contribution in [0.3, 0.4) is 0 Å². The van der Waals surface area contributed by atoms with Gasteiger partial charge in [0.05, 0.1) is 12.0 Å². The highest BCUT2D eigenvalue weighted by atomic mass is 32.2. The maximum atomic E-state index is 11.4. The van der Waals surface area contributed by atoms with Crippen LogP contribution in [-0.2, 0) is 32.9 Å². The zero-order valence-electron chi connectivity index (χ0n) is 15.6. The number of hydrogen-bond donors (Lipinski definition) is 2. The summed E-state index contributed by atoms with van der Waals surface area (Å²) in [5, 5.41) is 0. The summed E-state index contributed by atoms with van der Waals surface area (Å²) in [6, 6.07) is 16.0. The second kappa shape index (κ2) is 9.45. The van der Waals surface area contributed by atoms with Gasteiger partial charge in [-0.1, -0.05) is 48.5 Å². The van der Waals surface area contributed by atoms with Crippen LogP contribution in [0.5, 0.6) is 0 Å². The normalized spacial score (nSPS) is 12.2. The van der Waals surface area contributed by atoms with Crippen LogP contribution in [-0.4, -0.2) is 41.9 Å². The lowest BCUT2D eigenvalue weighted by Gasteiger charge is -2.08. The van der Waals surface area contributed by atoms with E-state index in [-0.39, 0.29) is 5.75 Å². The van der Waals surface area contributed by atoms with Gasteiger partial charge in [-0.2, -0.15) is 0 Å². The highest BCUT2D eigenvalue weighted by Gasteiger charge is 2.06. The molecule has 8 heteroatoms. The molecule has 0 spiro atoms. The van der Waals surface area contributed by atoms with Crippen molar-refractivity contribution < 1.29 is 16.8 Å². The SMILES string of the molecule is CCS(=O)(=O)NCCc1ccc(-c2cccc(CCNS(C)(=O)=O)c2)cc1. The quantitative estimate of drug-likeness (QED) is 0.626. The molecule has 2 N–H and O–H groups in total. The van der Waals surface area contributed by atoms with Crippen LogP contribution in [0.25, 0.3) is 11.1 Å². The molecule has 2 aromatic carbocycles. The number of rotatable bonds is 10. The first-order valence-electron chi connectivity index (χ1n) is 8.79. The number of hydrogen-bond acceptors (Lipinski definition) is 4. The molecule has 2 aromatic rings. The van der Waals surface area contributed by atoms with E-state index in [1.807, 2.05) is 48.5 Å². The fourth-order valence-corrected chi connectivity index (χ4v) is 3.69. The highest BCUT2D eigenvalue weighted by molar-refractivity contribution is 7.89. The topological polar surface area (TPSA) is 92.3 Å². The van der Waals surface area contributed by atoms with Crippen molar-refractivity contribution >= 4 is 20.0 Å². The Morgan fingerprint density at radius 2 is 1.41 bits per heavy atom. The van der Waals surface area contributed by atoms with Crippen LogP contribution < -0.4 is 9.44 Å². The van der Waals surface area contributed by atoms with Crippen LogP contribution >= 0.6 is 0 Å². The molecule has 0 atom stereocenters. The molecular weight excluding hydrogens is 384 g/mol. The predicted octanol–water partition coefficient (Wildman–Crippen LogP) is 1.93. The molecule has 6 nitrogen and oxygen atoms in total. The molecular formula is C19H26N2O4S2. The Kier molecular flexibility index (Phi) is 7.55. The molecule has 0 aliphatic carbocycles. The van der Waals surface area contributed by atoms with Gasteiger partial charge in [-0.3, -0.25) is 0 Å². The smallest absolute Gasteiger partial charge is 0.211 e. The Hall–Kier alpha value is -1.74. The summed E-state index contributed by atoms with van der Waals surface area (Å²) < 4.78 is 50.2. The van der Waals surface area contributed by atoms with Crippen LogP contribution in [0.1, 0.15) is 18.1 Å². The molecule has 0 aromatic heterocycles. The van der Waals surface area contributed by atoms with E-state index in [4.69, 9.17) is 0 Å². The molecule has 0 amide bonds. The summed E-state index contributed by atoms with van der Waals surface area (Å²) in [6.45, 7) is 2.37. The van der Waals surface area contributed by atoms with E-state index in [1.165, 1.54) is 0 Å². The molecule has 0 unspecified atom stereocenters. The van der Waals surface area contributed by atoms with Gasteiger partial charge in [0, 0.05) is 13.1 Å². The molecule has 0 saturated heterocycles. The summed E-state index contributed by atoms with van der Waals surface area (Å²) in [5.41, 5.74) is 4.24. The average Bonchev–Trinajstić information content (AvgIpc) is 2.61. The maximum Gasteiger partial charge on any atom is 0.211 e. The van der Waals surface area contributed by atoms with Gasteiger partial charge < -0.3 is 0 Å². The molecule has 0 radical (unpaired) electrons. The first kappa shape index (κ1) is 21.6. The van der Waals surface area contributed by atoms with Crippen LogP contribution in [0.4, 0.5) is 0 Å². The lowest BCUT2D eigenvalue weighted by Crippen LogP contribution is -2.27. The van der Waals surface area contributed by atoms with Gasteiger partial charge >= 0.3 is 0 Å². The Labute approximate surface area is 162 Å². The van der Waals surface area contributed by atoms with E-state index in [2.05, 4.69) is 9.44 Å². The van der Waals surface area contributed by atoms with Crippen LogP contribution in [0, 0.1) is 0 Å². The van der Waals surface area contributed by atoms with Crippen molar-refractivity contribution in [3.05, 3.63) is 59.7 Å². The van der Waals surface area contributed by atoms with E-state index >= 15 is 0 Å². The van der Waals surface area contributed by atoms with Crippen LogP contribution in [0.2, 0.25) is 0 Å². The number of benzene rings is 2. The highest BCUT2D eigenvalue weighted by Crippen LogP contribution is 2.21. The first-order chi connectivity index (χ1) is 12.7. The van der Waals surface area contributed by atoms with Crippen molar-refractivity contribution in [2.45, 2.75) is 19.8 Å². The summed E-state index contributed by atoms with van der Waals surface area (Å²) in [7, 11) is -6.33. The standard InChI is InChI=1S/C19H26N2O4S2/c1-3-27(24,25)21-14-11-16-7-9-18(10-8-16)19-6-4-5-17(15-19)12-13-20-26(2,22)23/h4-10,15,20-21H,3,11-14H2,1-2H3. The van der Waals surface area contributed by atoms with Crippen molar-refractivity contribution in [1.82, 2.24) is 9.44 Å². The molecule has 2 rings (SSSR count). The Bertz CT molecular complexity index is 953. The monoisotopic (exact) mass is 410 g/mol. The third kappa shape index (κ3) is 7.80. The molecule has 0 aliphatic rings. The number of nitrogens with one attached hydrogen (secondary N) is 2. The lowest BCUT2D eigenvalue weighted by atomic mass is 10.00. The van der Waals surface area contributed by atoms with Gasteiger partial charge in [0.2, 0.25) is 20.0 Å². The van der Waals surface area contributed by atoms with Gasteiger partial charge in [0.25, 0.3) is 0 Å². The molecule has 0 fully saturated rings. The van der Waals surface area contributed by atoms with Crippen molar-refractivity contribution in [2.75, 3.05) is 25.1 Å². The van der Waals surface area contributed by atoms with E-state index in [0.29, 0.717) is 25.9 Å². The van der Waals surface area contributed by atoms with Gasteiger partial charge in [-0.15, -0.1) is 0 Å². The molecule has 27 heavy (non-hydrogen) atoms. The lowest BCUT2D eigenvalue weighted by molar-refractivity contribution is 0.582. The van der Waals surface area contributed by atoms with E-state index in [9.17, 15) is 16.8 Å². The summed E-state index contributed by atoms with van der Waals surface area (Å²) in [5.74, 6) is 0.0853. The predicted molar refractivity (Wildman–Crippen MR) is 110 cm³/mol. The fourth-order valence-electron chi connectivity index (χ4n) is 2.60. The van der Waals surface area contributed by atoms with Crippen molar-refractivity contribution in [3.8, 4) is 11.1 Å². The first-order valence-corrected chi connectivity index (χ1v) is 12.3. The summed E-state index contributed by atoms with van der Waals surface area (Å²) in [6.07, 6.45) is 2.41. The van der Waals surface area contributed by atoms with Gasteiger partial charge in [-0.25, -0.2) is 26.3 Å². The van der Waals surface area contributed by atoms with Crippen molar-refractivity contribution in [2.24, 2.45) is 0 Å². The van der Waals surface area contributed by atoms with E-state index < -0.39 is 20.0 Å². The fraction of sp³-hybridized carbons (Fsp3) is 0.368. The summed E-state index contributed by atoms with van der Waals surface area (Å²) >= 11 is 0. The molecule has 0 aliphatic heterocycles. The van der Waals surface area contributed by atoms with Crippen LogP contribution in [0.15, 0.2) is 48.5 Å². The molecule has 0 heterocycles. The van der Waals surface area contributed by atoms with E-state index in [1.54, 1.807) is 6.92 Å². The van der Waals surface area contributed by atoms with Gasteiger partial charge in [0.1, 0.15) is 0 Å². The van der Waals surface area contributed by atoms with Crippen molar-refractivity contribution in [3.63, 3.8) is 0 Å². The third-order valence-electron chi connectivity index (χ3n) is 4.11. The van der Waals surface area contributed by atoms with Gasteiger partial charge in [-0.05, 0) is 42.0 Å². The second-order valence-electron chi connectivity index (χ2n) is 6.36. The average molecular weight is 411 g/mol. The minimum absolute atomic E-state index is 0.0853. The maximum absolute atomic E-state index is 11.4. The minimum atomic E-state index is -3.17. The molecule has 0 bridgehead atoms. The Morgan fingerprint density at radius 3 is 2.04 bits per heavy atom.